The molecule has 3 aliphatic heterocycles. The van der Waals surface area contributed by atoms with Crippen LogP contribution in [0, 0.1) is 0 Å². The fourth-order valence-corrected chi connectivity index (χ4v) is 2.83. The minimum Gasteiger partial charge on any atom is -0.459 e. The molecule has 3 saturated heterocycles. The van der Waals surface area contributed by atoms with Crippen LogP contribution in [0.4, 0.5) is 19.2 Å². The Hall–Kier alpha value is -6.35. The molecule has 3 aliphatic rings. The van der Waals surface area contributed by atoms with E-state index in [-0.39, 0.29) is 56.3 Å². The lowest BCUT2D eigenvalue weighted by atomic mass is 10.3. The van der Waals surface area contributed by atoms with Crippen LogP contribution in [0.2, 0.25) is 0 Å². The molecule has 22 nitrogen and oxygen atoms in total. The van der Waals surface area contributed by atoms with Crippen molar-refractivity contribution in [2.45, 2.75) is 39.1 Å². The number of hydrogen-bond acceptors (Lipinski definition) is 21. The molecular weight excluding hydrogens is 710 g/mol. The highest BCUT2D eigenvalue weighted by Crippen LogP contribution is 2.08. The molecule has 3 heterocycles. The molecular formula is C30H37NO21. The van der Waals surface area contributed by atoms with Crippen LogP contribution in [0.25, 0.3) is 0 Å². The van der Waals surface area contributed by atoms with E-state index in [1.165, 1.54) is 20.8 Å². The number of hydrogen-bond donors (Lipinski definition) is 1. The molecule has 0 aromatic carbocycles. The van der Waals surface area contributed by atoms with E-state index in [0.717, 1.165) is 0 Å². The first-order valence-electron chi connectivity index (χ1n) is 14.7. The second-order valence-electron chi connectivity index (χ2n) is 10.1. The zero-order chi connectivity index (χ0) is 39.2. The molecule has 0 aliphatic carbocycles. The van der Waals surface area contributed by atoms with E-state index >= 15 is 0 Å². The average Bonchev–Trinajstić information content (AvgIpc) is 3.84. The molecule has 288 valence electrons. The molecule has 3 rings (SSSR count). The van der Waals surface area contributed by atoms with E-state index < -0.39 is 92.7 Å². The molecule has 0 aromatic rings. The number of esters is 4. The summed E-state index contributed by atoms with van der Waals surface area (Å²) in [5, 5.41) is 2.44. The quantitative estimate of drug-likeness (QED) is 0.104. The SMILES string of the molecule is C=C(C)C(=O)OCC(=O)NCC1COC(=O)O1.C=C(C)C(=O)OCC(=O)OCC1COC(=O)O1.C=C(C)C(=O)OCOC(=O)OCC1COC(=O)O1. The fraction of sp³-hybridized carbons (Fsp3) is 0.500. The van der Waals surface area contributed by atoms with Crippen molar-refractivity contribution in [1.82, 2.24) is 5.32 Å². The molecule has 52 heavy (non-hydrogen) atoms. The van der Waals surface area contributed by atoms with Crippen molar-refractivity contribution in [3.63, 3.8) is 0 Å². The molecule has 0 bridgehead atoms. The van der Waals surface area contributed by atoms with Gasteiger partial charge in [-0.15, -0.1) is 0 Å². The van der Waals surface area contributed by atoms with E-state index in [4.69, 9.17) is 4.74 Å². The van der Waals surface area contributed by atoms with E-state index in [2.05, 4.69) is 77.2 Å². The number of amides is 1. The topological polar surface area (TPSA) is 276 Å². The normalized spacial score (nSPS) is 17.8. The van der Waals surface area contributed by atoms with Crippen molar-refractivity contribution in [3.8, 4) is 0 Å². The van der Waals surface area contributed by atoms with Crippen molar-refractivity contribution >= 4 is 54.4 Å². The van der Waals surface area contributed by atoms with Crippen LogP contribution in [0.3, 0.4) is 0 Å². The van der Waals surface area contributed by atoms with Crippen LogP contribution in [0.15, 0.2) is 36.5 Å². The van der Waals surface area contributed by atoms with Gasteiger partial charge in [0.05, 0.1) is 6.54 Å². The summed E-state index contributed by atoms with van der Waals surface area (Å²) in [5.41, 5.74) is 0.592. The lowest BCUT2D eigenvalue weighted by Gasteiger charge is -2.08. The zero-order valence-corrected chi connectivity index (χ0v) is 28.3. The van der Waals surface area contributed by atoms with Gasteiger partial charge in [-0.3, -0.25) is 4.79 Å². The Kier molecular flexibility index (Phi) is 19.4. The standard InChI is InChI=1S/C10H13NO6.C10H12O8.C10H12O7/c1-6(2)9(13)15-5-8(12)11-3-7-4-16-10(14)17-7;1-6(2)8(11)16-5-17-9(12)14-3-7-4-15-10(13)18-7;1-6(2)9(12)15-5-8(11)14-3-7-4-16-10(13)17-7/h7H,1,3-5H2,2H3,(H,11,12);7H,1,3-5H2,2H3;7H,1,3-5H2,2H3. The van der Waals surface area contributed by atoms with Gasteiger partial charge in [-0.25, -0.2) is 38.4 Å². The number of carbonyl (C=O) groups excluding carboxylic acids is 9. The van der Waals surface area contributed by atoms with E-state index in [1.54, 1.807) is 0 Å². The number of rotatable bonds is 15. The third kappa shape index (κ3) is 19.6. The molecule has 0 radical (unpaired) electrons. The molecule has 22 heteroatoms. The minimum absolute atomic E-state index is 0.0107. The molecule has 3 unspecified atom stereocenters. The van der Waals surface area contributed by atoms with Crippen molar-refractivity contribution in [2.75, 3.05) is 59.6 Å². The van der Waals surface area contributed by atoms with Gasteiger partial charge in [0.15, 0.2) is 31.5 Å². The summed E-state index contributed by atoms with van der Waals surface area (Å²) >= 11 is 0. The third-order valence-corrected chi connectivity index (χ3v) is 5.36. The van der Waals surface area contributed by atoms with Crippen LogP contribution in [-0.4, -0.2) is 132 Å². The summed E-state index contributed by atoms with van der Waals surface area (Å²) in [4.78, 5) is 97.7. The molecule has 1 amide bonds. The van der Waals surface area contributed by atoms with Gasteiger partial charge in [-0.1, -0.05) is 19.7 Å². The predicted molar refractivity (Wildman–Crippen MR) is 162 cm³/mol. The van der Waals surface area contributed by atoms with Gasteiger partial charge in [0.1, 0.15) is 33.0 Å². The maximum atomic E-state index is 11.2. The average molecular weight is 748 g/mol. The van der Waals surface area contributed by atoms with Crippen molar-refractivity contribution in [2.24, 2.45) is 0 Å². The molecule has 0 saturated carbocycles. The lowest BCUT2D eigenvalue weighted by molar-refractivity contribution is -0.158. The van der Waals surface area contributed by atoms with Crippen LogP contribution in [0.1, 0.15) is 20.8 Å². The van der Waals surface area contributed by atoms with Gasteiger partial charge in [-0.2, -0.15) is 0 Å². The van der Waals surface area contributed by atoms with Gasteiger partial charge >= 0.3 is 48.5 Å². The highest BCUT2D eigenvalue weighted by Gasteiger charge is 2.28. The van der Waals surface area contributed by atoms with Crippen molar-refractivity contribution in [3.05, 3.63) is 36.5 Å². The van der Waals surface area contributed by atoms with Crippen LogP contribution >= 0.6 is 0 Å². The summed E-state index contributed by atoms with van der Waals surface area (Å²) in [6.45, 7) is 12.9. The van der Waals surface area contributed by atoms with E-state index in [0.29, 0.717) is 0 Å². The van der Waals surface area contributed by atoms with E-state index in [9.17, 15) is 43.2 Å². The predicted octanol–water partition coefficient (Wildman–Crippen LogP) is 0.693. The second kappa shape index (κ2) is 23.1. The molecule has 3 atom stereocenters. The van der Waals surface area contributed by atoms with Crippen LogP contribution < -0.4 is 5.32 Å². The summed E-state index contributed by atoms with van der Waals surface area (Å²) in [7, 11) is 0. The number of ether oxygens (including phenoxy) is 12. The van der Waals surface area contributed by atoms with E-state index in [1.807, 2.05) is 0 Å². The van der Waals surface area contributed by atoms with Crippen LogP contribution in [0.5, 0.6) is 0 Å². The summed E-state index contributed by atoms with van der Waals surface area (Å²) < 4.78 is 54.7. The minimum atomic E-state index is -1.05. The molecule has 1 N–H and O–H groups in total. The number of carbonyl (C=O) groups is 9. The van der Waals surface area contributed by atoms with Crippen LogP contribution in [-0.2, 0) is 80.8 Å². The van der Waals surface area contributed by atoms with Gasteiger partial charge in [0, 0.05) is 16.7 Å². The lowest BCUT2D eigenvalue weighted by Crippen LogP contribution is -2.36. The maximum absolute atomic E-state index is 11.2. The Bertz CT molecular complexity index is 1320. The molecule has 0 spiro atoms. The number of nitrogens with one attached hydrogen (secondary N) is 1. The summed E-state index contributed by atoms with van der Waals surface area (Å²) in [6.07, 6.45) is -5.16. The first kappa shape index (κ1) is 43.7. The van der Waals surface area contributed by atoms with Crippen molar-refractivity contribution < 1.29 is 100.0 Å². The highest BCUT2D eigenvalue weighted by atomic mass is 16.8. The molecule has 0 aromatic heterocycles. The smallest absolute Gasteiger partial charge is 0.459 e. The zero-order valence-electron chi connectivity index (χ0n) is 28.3. The van der Waals surface area contributed by atoms with Gasteiger partial charge < -0.3 is 62.2 Å². The fourth-order valence-electron chi connectivity index (χ4n) is 2.83. The number of cyclic esters (lactones) is 6. The first-order chi connectivity index (χ1) is 24.5. The Labute approximate surface area is 295 Å². The summed E-state index contributed by atoms with van der Waals surface area (Å²) in [6, 6.07) is 0. The Balaban J connectivity index is 0.000000390. The Morgan fingerprint density at radius 3 is 1.46 bits per heavy atom. The largest absolute Gasteiger partial charge is 0.511 e. The van der Waals surface area contributed by atoms with Gasteiger partial charge in [-0.05, 0) is 20.8 Å². The van der Waals surface area contributed by atoms with Gasteiger partial charge in [0.25, 0.3) is 5.91 Å². The van der Waals surface area contributed by atoms with Gasteiger partial charge in [0.2, 0.25) is 6.79 Å². The Morgan fingerprint density at radius 2 is 1.02 bits per heavy atom. The third-order valence-electron chi connectivity index (χ3n) is 5.36. The Morgan fingerprint density at radius 1 is 0.596 bits per heavy atom. The second-order valence-corrected chi connectivity index (χ2v) is 10.1. The summed E-state index contributed by atoms with van der Waals surface area (Å²) in [5.74, 6) is -3.20. The monoisotopic (exact) mass is 747 g/mol. The first-order valence-corrected chi connectivity index (χ1v) is 14.7. The van der Waals surface area contributed by atoms with Crippen molar-refractivity contribution in [1.29, 1.82) is 0 Å². The molecule has 3 fully saturated rings. The highest BCUT2D eigenvalue weighted by molar-refractivity contribution is 5.89. The maximum Gasteiger partial charge on any atom is 0.511 e.